The molecule has 126 valence electrons. The monoisotopic (exact) mass is 299 g/mol. The van der Waals surface area contributed by atoms with Crippen molar-refractivity contribution in [3.63, 3.8) is 0 Å². The van der Waals surface area contributed by atoms with Crippen LogP contribution in [0.3, 0.4) is 0 Å². The molecule has 0 aromatic heterocycles. The Bertz CT molecular complexity index is 285. The maximum absolute atomic E-state index is 9.60. The second kappa shape index (κ2) is 9.09. The van der Waals surface area contributed by atoms with E-state index in [1.807, 2.05) is 0 Å². The Balaban J connectivity index is 2.23. The van der Waals surface area contributed by atoms with Gasteiger partial charge in [-0.2, -0.15) is 0 Å². The Morgan fingerprint density at radius 1 is 1.38 bits per heavy atom. The molecule has 2 N–H and O–H groups in total. The zero-order valence-corrected chi connectivity index (χ0v) is 14.9. The number of piperidine rings is 1. The standard InChI is InChI=1S/C17H37N3O/c1-15(2)18-17(3,14-21)10-6-7-12-20(5)16-9-8-11-19(4)13-16/h15-16,18,21H,6-14H2,1-5H3. The van der Waals surface area contributed by atoms with Crippen LogP contribution in [0.2, 0.25) is 0 Å². The fourth-order valence-corrected chi connectivity index (χ4v) is 3.45. The first-order valence-electron chi connectivity index (χ1n) is 8.63. The van der Waals surface area contributed by atoms with Crippen molar-refractivity contribution in [1.29, 1.82) is 0 Å². The molecule has 2 unspecified atom stereocenters. The topological polar surface area (TPSA) is 38.7 Å². The third-order valence-electron chi connectivity index (χ3n) is 4.70. The highest BCUT2D eigenvalue weighted by Gasteiger charge is 2.24. The van der Waals surface area contributed by atoms with Crippen molar-refractivity contribution >= 4 is 0 Å². The van der Waals surface area contributed by atoms with Crippen LogP contribution in [0.25, 0.3) is 0 Å². The van der Waals surface area contributed by atoms with E-state index in [-0.39, 0.29) is 12.1 Å². The van der Waals surface area contributed by atoms with Gasteiger partial charge < -0.3 is 20.2 Å². The van der Waals surface area contributed by atoms with E-state index >= 15 is 0 Å². The molecule has 1 rings (SSSR count). The largest absolute Gasteiger partial charge is 0.394 e. The van der Waals surface area contributed by atoms with Crippen LogP contribution < -0.4 is 5.32 Å². The molecule has 4 heteroatoms. The summed E-state index contributed by atoms with van der Waals surface area (Å²) in [7, 11) is 4.49. The summed E-state index contributed by atoms with van der Waals surface area (Å²) in [5.74, 6) is 0. The second-order valence-corrected chi connectivity index (χ2v) is 7.51. The van der Waals surface area contributed by atoms with Gasteiger partial charge >= 0.3 is 0 Å². The molecule has 0 radical (unpaired) electrons. The Labute approximate surface area is 131 Å². The number of likely N-dealkylation sites (tertiary alicyclic amines) is 1. The van der Waals surface area contributed by atoms with Gasteiger partial charge in [0.25, 0.3) is 0 Å². The van der Waals surface area contributed by atoms with Gasteiger partial charge in [0, 0.05) is 24.2 Å². The van der Waals surface area contributed by atoms with Crippen molar-refractivity contribution in [3.05, 3.63) is 0 Å². The summed E-state index contributed by atoms with van der Waals surface area (Å²) in [6.07, 6.45) is 6.09. The van der Waals surface area contributed by atoms with Gasteiger partial charge in [0.1, 0.15) is 0 Å². The molecule has 0 aromatic rings. The predicted molar refractivity (Wildman–Crippen MR) is 90.8 cm³/mol. The summed E-state index contributed by atoms with van der Waals surface area (Å²) in [6.45, 7) is 10.3. The van der Waals surface area contributed by atoms with Crippen molar-refractivity contribution in [1.82, 2.24) is 15.1 Å². The summed E-state index contributed by atoms with van der Waals surface area (Å²) >= 11 is 0. The van der Waals surface area contributed by atoms with Gasteiger partial charge in [-0.15, -0.1) is 0 Å². The van der Waals surface area contributed by atoms with Crippen molar-refractivity contribution in [2.75, 3.05) is 40.3 Å². The highest BCUT2D eigenvalue weighted by atomic mass is 16.3. The summed E-state index contributed by atoms with van der Waals surface area (Å²) in [5, 5.41) is 13.1. The minimum atomic E-state index is -0.127. The molecule has 1 heterocycles. The molecular formula is C17H37N3O. The first-order valence-corrected chi connectivity index (χ1v) is 8.63. The molecule has 4 nitrogen and oxygen atoms in total. The maximum atomic E-state index is 9.60. The van der Waals surface area contributed by atoms with Crippen LogP contribution >= 0.6 is 0 Å². The lowest BCUT2D eigenvalue weighted by Crippen LogP contribution is -2.49. The number of rotatable bonds is 9. The van der Waals surface area contributed by atoms with Crippen LogP contribution in [0, 0.1) is 0 Å². The lowest BCUT2D eigenvalue weighted by Gasteiger charge is -2.36. The van der Waals surface area contributed by atoms with Crippen molar-refractivity contribution in [2.45, 2.75) is 70.5 Å². The van der Waals surface area contributed by atoms with Crippen molar-refractivity contribution in [3.8, 4) is 0 Å². The van der Waals surface area contributed by atoms with Crippen LogP contribution in [0.5, 0.6) is 0 Å². The number of unbranched alkanes of at least 4 members (excludes halogenated alkanes) is 1. The smallest absolute Gasteiger partial charge is 0.0610 e. The first kappa shape index (κ1) is 18.9. The number of aliphatic hydroxyl groups is 1. The predicted octanol–water partition coefficient (Wildman–Crippen LogP) is 1.93. The van der Waals surface area contributed by atoms with Gasteiger partial charge in [-0.05, 0) is 59.8 Å². The van der Waals surface area contributed by atoms with E-state index in [0.717, 1.165) is 12.5 Å². The molecule has 2 atom stereocenters. The second-order valence-electron chi connectivity index (χ2n) is 7.51. The molecule has 1 aliphatic rings. The molecule has 21 heavy (non-hydrogen) atoms. The van der Waals surface area contributed by atoms with Gasteiger partial charge in [-0.25, -0.2) is 0 Å². The molecular weight excluding hydrogens is 262 g/mol. The molecule has 0 aromatic carbocycles. The molecule has 0 bridgehead atoms. The SMILES string of the molecule is CC(C)NC(C)(CO)CCCCN(C)C1CCCN(C)C1. The number of likely N-dealkylation sites (N-methyl/N-ethyl adjacent to an activating group) is 2. The van der Waals surface area contributed by atoms with Crippen molar-refractivity contribution < 1.29 is 5.11 Å². The van der Waals surface area contributed by atoms with Crippen LogP contribution in [0.1, 0.15) is 52.9 Å². The van der Waals surface area contributed by atoms with E-state index < -0.39 is 0 Å². The maximum Gasteiger partial charge on any atom is 0.0610 e. The molecule has 0 spiro atoms. The third-order valence-corrected chi connectivity index (χ3v) is 4.70. The van der Waals surface area contributed by atoms with Gasteiger partial charge in [0.15, 0.2) is 0 Å². The summed E-state index contributed by atoms with van der Waals surface area (Å²) in [6, 6.07) is 1.14. The lowest BCUT2D eigenvalue weighted by atomic mass is 9.94. The Morgan fingerprint density at radius 2 is 2.10 bits per heavy atom. The Hall–Kier alpha value is -0.160. The minimum Gasteiger partial charge on any atom is -0.394 e. The van der Waals surface area contributed by atoms with Crippen molar-refractivity contribution in [2.24, 2.45) is 0 Å². The van der Waals surface area contributed by atoms with Gasteiger partial charge in [0.05, 0.1) is 6.61 Å². The number of nitrogens with one attached hydrogen (secondary N) is 1. The Kier molecular flexibility index (Phi) is 8.17. The molecule has 1 saturated heterocycles. The molecule has 1 fully saturated rings. The summed E-state index contributed by atoms with van der Waals surface area (Å²) in [4.78, 5) is 4.97. The van der Waals surface area contributed by atoms with Gasteiger partial charge in [-0.1, -0.05) is 20.3 Å². The van der Waals surface area contributed by atoms with Gasteiger partial charge in [0.2, 0.25) is 0 Å². The fourth-order valence-electron chi connectivity index (χ4n) is 3.45. The zero-order chi connectivity index (χ0) is 15.9. The number of aliphatic hydroxyl groups excluding tert-OH is 1. The van der Waals surface area contributed by atoms with E-state index in [1.165, 1.54) is 45.3 Å². The van der Waals surface area contributed by atoms with Crippen LogP contribution in [-0.2, 0) is 0 Å². The molecule has 0 amide bonds. The number of nitrogens with zero attached hydrogens (tertiary/aromatic N) is 2. The first-order chi connectivity index (χ1) is 9.86. The molecule has 0 aliphatic carbocycles. The fraction of sp³-hybridized carbons (Fsp3) is 1.00. The van der Waals surface area contributed by atoms with E-state index in [9.17, 15) is 5.11 Å². The van der Waals surface area contributed by atoms with Crippen LogP contribution in [0.15, 0.2) is 0 Å². The summed E-state index contributed by atoms with van der Waals surface area (Å²) in [5.41, 5.74) is -0.127. The number of hydrogen-bond acceptors (Lipinski definition) is 4. The normalized spacial score (nSPS) is 23.7. The quantitative estimate of drug-likeness (QED) is 0.638. The molecule has 0 saturated carbocycles. The van der Waals surface area contributed by atoms with Crippen LogP contribution in [-0.4, -0.2) is 72.9 Å². The average molecular weight is 300 g/mol. The average Bonchev–Trinajstić information content (AvgIpc) is 2.42. The highest BCUT2D eigenvalue weighted by Crippen LogP contribution is 2.17. The van der Waals surface area contributed by atoms with E-state index in [2.05, 4.69) is 50.0 Å². The van der Waals surface area contributed by atoms with Gasteiger partial charge in [-0.3, -0.25) is 0 Å². The van der Waals surface area contributed by atoms with E-state index in [4.69, 9.17) is 0 Å². The van der Waals surface area contributed by atoms with Crippen LogP contribution in [0.4, 0.5) is 0 Å². The highest BCUT2D eigenvalue weighted by molar-refractivity contribution is 4.84. The third kappa shape index (κ3) is 7.09. The zero-order valence-electron chi connectivity index (χ0n) is 14.9. The molecule has 1 aliphatic heterocycles. The lowest BCUT2D eigenvalue weighted by molar-refractivity contribution is 0.127. The number of hydrogen-bond donors (Lipinski definition) is 2. The van der Waals surface area contributed by atoms with E-state index in [1.54, 1.807) is 0 Å². The minimum absolute atomic E-state index is 0.127. The van der Waals surface area contributed by atoms with E-state index in [0.29, 0.717) is 6.04 Å². The Morgan fingerprint density at radius 3 is 2.67 bits per heavy atom. The summed E-state index contributed by atoms with van der Waals surface area (Å²) < 4.78 is 0.